The van der Waals surface area contributed by atoms with Gasteiger partial charge in [-0.3, -0.25) is 4.79 Å². The van der Waals surface area contributed by atoms with Gasteiger partial charge in [0.25, 0.3) is 5.91 Å². The Morgan fingerprint density at radius 3 is 2.36 bits per heavy atom. The molecule has 206 valence electrons. The first-order chi connectivity index (χ1) is 18.8. The van der Waals surface area contributed by atoms with Gasteiger partial charge in [-0.25, -0.2) is 0 Å². The van der Waals surface area contributed by atoms with Crippen molar-refractivity contribution in [3.8, 4) is 11.5 Å². The zero-order chi connectivity index (χ0) is 27.7. The fourth-order valence-electron chi connectivity index (χ4n) is 3.98. The summed E-state index contributed by atoms with van der Waals surface area (Å²) in [5, 5.41) is 4.36. The number of rotatable bonds is 10. The van der Waals surface area contributed by atoms with E-state index in [-0.39, 0.29) is 24.9 Å². The van der Waals surface area contributed by atoms with Crippen molar-refractivity contribution < 1.29 is 37.0 Å². The predicted octanol–water partition coefficient (Wildman–Crippen LogP) is 5.29. The standard InChI is InChI=1S/C29H29F3N2O5/c1-21-17-24(9-12-27(21)37-20-28(35)34-13-15-36-16-14-34)26(18-22-5-3-2-4-6-22)33-38-19-23-7-10-25(11-8-23)39-29(30,31)32/h2-12,17H,13-16,18-20H2,1H3. The van der Waals surface area contributed by atoms with E-state index in [0.29, 0.717) is 49.7 Å². The quantitative estimate of drug-likeness (QED) is 0.257. The van der Waals surface area contributed by atoms with Crippen molar-refractivity contribution in [3.05, 3.63) is 95.1 Å². The summed E-state index contributed by atoms with van der Waals surface area (Å²) in [6, 6.07) is 20.8. The molecule has 1 heterocycles. The van der Waals surface area contributed by atoms with E-state index in [9.17, 15) is 18.0 Å². The fraction of sp³-hybridized carbons (Fsp3) is 0.310. The Morgan fingerprint density at radius 2 is 1.69 bits per heavy atom. The summed E-state index contributed by atoms with van der Waals surface area (Å²) >= 11 is 0. The molecule has 4 rings (SSSR count). The average molecular weight is 543 g/mol. The van der Waals surface area contributed by atoms with E-state index in [4.69, 9.17) is 14.3 Å². The molecule has 0 saturated carbocycles. The molecule has 0 aromatic heterocycles. The number of amides is 1. The lowest BCUT2D eigenvalue weighted by Crippen LogP contribution is -2.43. The molecule has 10 heteroatoms. The molecular formula is C29H29F3N2O5. The number of ether oxygens (including phenoxy) is 3. The van der Waals surface area contributed by atoms with Crippen molar-refractivity contribution in [3.63, 3.8) is 0 Å². The van der Waals surface area contributed by atoms with Gasteiger partial charge in [0.15, 0.2) is 6.61 Å². The van der Waals surface area contributed by atoms with Crippen LogP contribution in [0.2, 0.25) is 0 Å². The molecule has 39 heavy (non-hydrogen) atoms. The maximum Gasteiger partial charge on any atom is 0.573 e. The molecule has 1 amide bonds. The summed E-state index contributed by atoms with van der Waals surface area (Å²) in [6.45, 7) is 4.08. The molecule has 3 aromatic carbocycles. The summed E-state index contributed by atoms with van der Waals surface area (Å²) in [5.74, 6) is 0.213. The van der Waals surface area contributed by atoms with E-state index in [1.807, 2.05) is 49.4 Å². The van der Waals surface area contributed by atoms with Gasteiger partial charge >= 0.3 is 6.36 Å². The SMILES string of the molecule is Cc1cc(C(Cc2ccccc2)=NOCc2ccc(OC(F)(F)F)cc2)ccc1OCC(=O)N1CCOCC1. The van der Waals surface area contributed by atoms with Gasteiger partial charge in [0.1, 0.15) is 18.1 Å². The second kappa shape index (κ2) is 13.1. The lowest BCUT2D eigenvalue weighted by Gasteiger charge is -2.26. The maximum absolute atomic E-state index is 12.4. The van der Waals surface area contributed by atoms with Gasteiger partial charge in [-0.15, -0.1) is 13.2 Å². The number of aryl methyl sites for hydroxylation is 1. The molecular weight excluding hydrogens is 513 g/mol. The predicted molar refractivity (Wildman–Crippen MR) is 139 cm³/mol. The molecule has 0 spiro atoms. The Morgan fingerprint density at radius 1 is 0.974 bits per heavy atom. The van der Waals surface area contributed by atoms with Crippen LogP contribution in [0.5, 0.6) is 11.5 Å². The molecule has 1 fully saturated rings. The van der Waals surface area contributed by atoms with Gasteiger partial charge in [-0.2, -0.15) is 0 Å². The van der Waals surface area contributed by atoms with E-state index in [0.717, 1.165) is 16.7 Å². The van der Waals surface area contributed by atoms with Crippen molar-refractivity contribution >= 4 is 11.6 Å². The van der Waals surface area contributed by atoms with Crippen molar-refractivity contribution in [1.29, 1.82) is 0 Å². The van der Waals surface area contributed by atoms with Crippen molar-refractivity contribution in [2.75, 3.05) is 32.9 Å². The number of halogens is 3. The van der Waals surface area contributed by atoms with Gasteiger partial charge in [0, 0.05) is 25.1 Å². The highest BCUT2D eigenvalue weighted by atomic mass is 19.4. The Labute approximate surface area is 224 Å². The first-order valence-corrected chi connectivity index (χ1v) is 12.4. The van der Waals surface area contributed by atoms with E-state index < -0.39 is 6.36 Å². The van der Waals surface area contributed by atoms with Crippen molar-refractivity contribution in [1.82, 2.24) is 4.90 Å². The molecule has 1 aliphatic rings. The largest absolute Gasteiger partial charge is 0.573 e. The van der Waals surface area contributed by atoms with Crippen LogP contribution in [0.1, 0.15) is 22.3 Å². The zero-order valence-electron chi connectivity index (χ0n) is 21.4. The van der Waals surface area contributed by atoms with E-state index in [2.05, 4.69) is 9.89 Å². The van der Waals surface area contributed by atoms with E-state index >= 15 is 0 Å². The highest BCUT2D eigenvalue weighted by Crippen LogP contribution is 2.24. The summed E-state index contributed by atoms with van der Waals surface area (Å²) in [5.41, 5.74) is 3.98. The van der Waals surface area contributed by atoms with Crippen molar-refractivity contribution in [2.45, 2.75) is 26.3 Å². The number of nitrogens with zero attached hydrogens (tertiary/aromatic N) is 2. The summed E-state index contributed by atoms with van der Waals surface area (Å²) in [6.07, 6.45) is -4.25. The first-order valence-electron chi connectivity index (χ1n) is 12.4. The molecule has 0 atom stereocenters. The Bertz CT molecular complexity index is 1260. The first kappa shape index (κ1) is 28.0. The minimum atomic E-state index is -4.74. The molecule has 3 aromatic rings. The highest BCUT2D eigenvalue weighted by Gasteiger charge is 2.31. The number of hydrogen-bond acceptors (Lipinski definition) is 6. The highest BCUT2D eigenvalue weighted by molar-refractivity contribution is 6.01. The minimum Gasteiger partial charge on any atom is -0.483 e. The second-order valence-corrected chi connectivity index (χ2v) is 8.93. The number of morpholine rings is 1. The smallest absolute Gasteiger partial charge is 0.483 e. The van der Waals surface area contributed by atoms with Crippen LogP contribution in [0.3, 0.4) is 0 Å². The molecule has 0 bridgehead atoms. The third-order valence-corrected chi connectivity index (χ3v) is 6.00. The zero-order valence-corrected chi connectivity index (χ0v) is 21.4. The van der Waals surface area contributed by atoms with Crippen LogP contribution >= 0.6 is 0 Å². The summed E-state index contributed by atoms with van der Waals surface area (Å²) in [4.78, 5) is 19.8. The van der Waals surface area contributed by atoms with Gasteiger partial charge in [-0.05, 0) is 53.9 Å². The van der Waals surface area contributed by atoms with Crippen LogP contribution in [0, 0.1) is 6.92 Å². The van der Waals surface area contributed by atoms with Gasteiger partial charge in [-0.1, -0.05) is 47.6 Å². The molecule has 1 aliphatic heterocycles. The number of carbonyl (C=O) groups excluding carboxylic acids is 1. The Balaban J connectivity index is 1.43. The summed E-state index contributed by atoms with van der Waals surface area (Å²) in [7, 11) is 0. The topological polar surface area (TPSA) is 69.6 Å². The van der Waals surface area contributed by atoms with Gasteiger partial charge < -0.3 is 23.9 Å². The number of oxime groups is 1. The molecule has 7 nitrogen and oxygen atoms in total. The van der Waals surface area contributed by atoms with E-state index in [1.165, 1.54) is 24.3 Å². The summed E-state index contributed by atoms with van der Waals surface area (Å²) < 4.78 is 52.2. The lowest BCUT2D eigenvalue weighted by molar-refractivity contribution is -0.274. The Kier molecular flexibility index (Phi) is 9.43. The number of carbonyl (C=O) groups is 1. The molecule has 0 N–H and O–H groups in total. The number of hydrogen-bond donors (Lipinski definition) is 0. The van der Waals surface area contributed by atoms with Crippen LogP contribution in [-0.2, 0) is 27.4 Å². The third-order valence-electron chi connectivity index (χ3n) is 6.00. The number of benzene rings is 3. The monoisotopic (exact) mass is 542 g/mol. The normalized spacial score (nSPS) is 14.2. The number of alkyl halides is 3. The van der Waals surface area contributed by atoms with Crippen LogP contribution in [-0.4, -0.2) is 55.8 Å². The second-order valence-electron chi connectivity index (χ2n) is 8.93. The average Bonchev–Trinajstić information content (AvgIpc) is 2.93. The van der Waals surface area contributed by atoms with E-state index in [1.54, 1.807) is 11.0 Å². The Hall–Kier alpha value is -4.05. The molecule has 0 radical (unpaired) electrons. The van der Waals surface area contributed by atoms with Gasteiger partial charge in [0.2, 0.25) is 0 Å². The molecule has 1 saturated heterocycles. The molecule has 0 unspecified atom stereocenters. The van der Waals surface area contributed by atoms with Gasteiger partial charge in [0.05, 0.1) is 18.9 Å². The maximum atomic E-state index is 12.4. The van der Waals surface area contributed by atoms with Crippen LogP contribution in [0.15, 0.2) is 78.0 Å². The third kappa shape index (κ3) is 8.75. The van der Waals surface area contributed by atoms with Crippen LogP contribution < -0.4 is 9.47 Å². The van der Waals surface area contributed by atoms with Crippen molar-refractivity contribution in [2.24, 2.45) is 5.16 Å². The fourth-order valence-corrected chi connectivity index (χ4v) is 3.98. The van der Waals surface area contributed by atoms with Crippen LogP contribution in [0.25, 0.3) is 0 Å². The molecule has 0 aliphatic carbocycles. The van der Waals surface area contributed by atoms with Crippen LogP contribution in [0.4, 0.5) is 13.2 Å². The lowest BCUT2D eigenvalue weighted by atomic mass is 10.0. The minimum absolute atomic E-state index is 0.0545.